The van der Waals surface area contributed by atoms with Crippen LogP contribution in [-0.4, -0.2) is 6.04 Å². The quantitative estimate of drug-likeness (QED) is 0.733. The number of nitrogens with two attached hydrogens (primary N) is 1. The zero-order valence-corrected chi connectivity index (χ0v) is 10.4. The summed E-state index contributed by atoms with van der Waals surface area (Å²) in [4.78, 5) is 0. The van der Waals surface area contributed by atoms with Crippen LogP contribution >= 0.6 is 0 Å². The highest BCUT2D eigenvalue weighted by Gasteiger charge is 2.39. The minimum Gasteiger partial charge on any atom is -0.328 e. The molecule has 14 heavy (non-hydrogen) atoms. The Morgan fingerprint density at radius 1 is 1.21 bits per heavy atom. The zero-order valence-electron chi connectivity index (χ0n) is 10.4. The molecule has 0 aromatic rings. The first-order valence-electron chi connectivity index (χ1n) is 6.12. The molecule has 1 heteroatoms. The van der Waals surface area contributed by atoms with Gasteiger partial charge in [-0.15, -0.1) is 0 Å². The predicted octanol–water partition coefficient (Wildman–Crippen LogP) is 3.72. The molecular weight excluding hydrogens is 170 g/mol. The normalized spacial score (nSPS) is 37.1. The van der Waals surface area contributed by atoms with E-state index in [0.29, 0.717) is 16.9 Å². The monoisotopic (exact) mass is 197 g/mol. The molecule has 2 unspecified atom stereocenters. The average molecular weight is 197 g/mol. The maximum Gasteiger partial charge on any atom is 0.00491 e. The second-order valence-electron chi connectivity index (χ2n) is 6.42. The zero-order chi connectivity index (χ0) is 10.8. The van der Waals surface area contributed by atoms with E-state index >= 15 is 0 Å². The van der Waals surface area contributed by atoms with Gasteiger partial charge in [0.2, 0.25) is 0 Å². The van der Waals surface area contributed by atoms with E-state index in [1.54, 1.807) is 0 Å². The summed E-state index contributed by atoms with van der Waals surface area (Å²) in [5.41, 5.74) is 7.13. The van der Waals surface area contributed by atoms with Crippen molar-refractivity contribution in [3.05, 3.63) is 0 Å². The maximum atomic E-state index is 6.16. The predicted molar refractivity (Wildman–Crippen MR) is 63.2 cm³/mol. The SMILES string of the molecule is CCCCC1(C)CC(N)CC(C)(C)C1. The highest BCUT2D eigenvalue weighted by atomic mass is 14.7. The van der Waals surface area contributed by atoms with Crippen molar-refractivity contribution in [2.75, 3.05) is 0 Å². The van der Waals surface area contributed by atoms with Crippen molar-refractivity contribution in [1.29, 1.82) is 0 Å². The second kappa shape index (κ2) is 4.22. The summed E-state index contributed by atoms with van der Waals surface area (Å²) in [6.07, 6.45) is 7.82. The van der Waals surface area contributed by atoms with Gasteiger partial charge >= 0.3 is 0 Å². The van der Waals surface area contributed by atoms with Gasteiger partial charge in [0.15, 0.2) is 0 Å². The van der Waals surface area contributed by atoms with E-state index in [4.69, 9.17) is 5.73 Å². The van der Waals surface area contributed by atoms with Crippen LogP contribution in [0.1, 0.15) is 66.2 Å². The molecule has 1 nitrogen and oxygen atoms in total. The summed E-state index contributed by atoms with van der Waals surface area (Å²) in [6, 6.07) is 0.431. The molecule has 0 bridgehead atoms. The van der Waals surface area contributed by atoms with E-state index < -0.39 is 0 Å². The number of hydrogen-bond donors (Lipinski definition) is 1. The molecule has 0 spiro atoms. The molecule has 1 rings (SSSR count). The molecule has 0 aromatic heterocycles. The fourth-order valence-corrected chi connectivity index (χ4v) is 3.51. The van der Waals surface area contributed by atoms with Gasteiger partial charge in [-0.05, 0) is 36.5 Å². The van der Waals surface area contributed by atoms with Crippen LogP contribution in [0.15, 0.2) is 0 Å². The van der Waals surface area contributed by atoms with Crippen molar-refractivity contribution < 1.29 is 0 Å². The lowest BCUT2D eigenvalue weighted by molar-refractivity contribution is 0.0740. The Morgan fingerprint density at radius 2 is 1.86 bits per heavy atom. The Kier molecular flexibility index (Phi) is 3.63. The van der Waals surface area contributed by atoms with Gasteiger partial charge < -0.3 is 5.73 Å². The van der Waals surface area contributed by atoms with Crippen molar-refractivity contribution >= 4 is 0 Å². The standard InChI is InChI=1S/C13H27N/c1-5-6-7-13(4)9-11(14)8-12(2,3)10-13/h11H,5-10,14H2,1-4H3. The summed E-state index contributed by atoms with van der Waals surface area (Å²) >= 11 is 0. The van der Waals surface area contributed by atoms with Crippen LogP contribution in [0.25, 0.3) is 0 Å². The van der Waals surface area contributed by atoms with Gasteiger partial charge in [-0.25, -0.2) is 0 Å². The average Bonchev–Trinajstić information content (AvgIpc) is 1.96. The van der Waals surface area contributed by atoms with Crippen LogP contribution < -0.4 is 5.73 Å². The molecular formula is C13H27N. The lowest BCUT2D eigenvalue weighted by Gasteiger charge is -2.46. The van der Waals surface area contributed by atoms with Gasteiger partial charge in [-0.1, -0.05) is 40.5 Å². The summed E-state index contributed by atoms with van der Waals surface area (Å²) in [6.45, 7) is 9.45. The maximum absolute atomic E-state index is 6.16. The topological polar surface area (TPSA) is 26.0 Å². The van der Waals surface area contributed by atoms with E-state index in [1.807, 2.05) is 0 Å². The van der Waals surface area contributed by atoms with Crippen molar-refractivity contribution in [3.8, 4) is 0 Å². The van der Waals surface area contributed by atoms with E-state index in [0.717, 1.165) is 0 Å². The van der Waals surface area contributed by atoms with Crippen LogP contribution in [0.3, 0.4) is 0 Å². The molecule has 1 saturated carbocycles. The van der Waals surface area contributed by atoms with Gasteiger partial charge in [0.25, 0.3) is 0 Å². The fourth-order valence-electron chi connectivity index (χ4n) is 3.51. The first-order valence-corrected chi connectivity index (χ1v) is 6.12. The summed E-state index contributed by atoms with van der Waals surface area (Å²) < 4.78 is 0. The molecule has 1 aliphatic rings. The Morgan fingerprint density at radius 3 is 2.36 bits per heavy atom. The molecule has 0 aliphatic heterocycles. The highest BCUT2D eigenvalue weighted by molar-refractivity contribution is 4.92. The van der Waals surface area contributed by atoms with Crippen LogP contribution in [0.5, 0.6) is 0 Å². The molecule has 2 atom stereocenters. The molecule has 84 valence electrons. The number of rotatable bonds is 3. The molecule has 1 fully saturated rings. The summed E-state index contributed by atoms with van der Waals surface area (Å²) in [7, 11) is 0. The van der Waals surface area contributed by atoms with Crippen LogP contribution in [0, 0.1) is 10.8 Å². The number of unbranched alkanes of at least 4 members (excludes halogenated alkanes) is 1. The van der Waals surface area contributed by atoms with E-state index in [-0.39, 0.29) is 0 Å². The molecule has 0 aromatic carbocycles. The van der Waals surface area contributed by atoms with Crippen LogP contribution in [0.2, 0.25) is 0 Å². The smallest absolute Gasteiger partial charge is 0.00491 e. The molecule has 2 N–H and O–H groups in total. The summed E-state index contributed by atoms with van der Waals surface area (Å²) in [5, 5.41) is 0. The van der Waals surface area contributed by atoms with Gasteiger partial charge in [-0.3, -0.25) is 0 Å². The third kappa shape index (κ3) is 3.27. The Balaban J connectivity index is 2.59. The van der Waals surface area contributed by atoms with Crippen molar-refractivity contribution in [2.24, 2.45) is 16.6 Å². The van der Waals surface area contributed by atoms with Gasteiger partial charge in [0, 0.05) is 6.04 Å². The molecule has 0 amide bonds. The largest absolute Gasteiger partial charge is 0.328 e. The van der Waals surface area contributed by atoms with Gasteiger partial charge in [-0.2, -0.15) is 0 Å². The third-order valence-electron chi connectivity index (χ3n) is 3.61. The van der Waals surface area contributed by atoms with Crippen LogP contribution in [-0.2, 0) is 0 Å². The Labute approximate surface area is 89.5 Å². The minimum atomic E-state index is 0.431. The first-order chi connectivity index (χ1) is 6.37. The van der Waals surface area contributed by atoms with E-state index in [9.17, 15) is 0 Å². The second-order valence-corrected chi connectivity index (χ2v) is 6.42. The Hall–Kier alpha value is -0.0400. The molecule has 1 aliphatic carbocycles. The van der Waals surface area contributed by atoms with Crippen molar-refractivity contribution in [2.45, 2.75) is 72.3 Å². The van der Waals surface area contributed by atoms with Crippen LogP contribution in [0.4, 0.5) is 0 Å². The highest BCUT2D eigenvalue weighted by Crippen LogP contribution is 2.47. The Bertz CT molecular complexity index is 186. The fraction of sp³-hybridized carbons (Fsp3) is 1.00. The van der Waals surface area contributed by atoms with Crippen molar-refractivity contribution in [1.82, 2.24) is 0 Å². The van der Waals surface area contributed by atoms with Gasteiger partial charge in [0.1, 0.15) is 0 Å². The third-order valence-corrected chi connectivity index (χ3v) is 3.61. The first kappa shape index (κ1) is 12.0. The minimum absolute atomic E-state index is 0.431. The lowest BCUT2D eigenvalue weighted by atomic mass is 9.61. The molecule has 0 radical (unpaired) electrons. The molecule has 0 saturated heterocycles. The van der Waals surface area contributed by atoms with Crippen molar-refractivity contribution in [3.63, 3.8) is 0 Å². The van der Waals surface area contributed by atoms with E-state index in [2.05, 4.69) is 27.7 Å². The number of hydrogen-bond acceptors (Lipinski definition) is 1. The van der Waals surface area contributed by atoms with E-state index in [1.165, 1.54) is 38.5 Å². The lowest BCUT2D eigenvalue weighted by Crippen LogP contribution is -2.42. The summed E-state index contributed by atoms with van der Waals surface area (Å²) in [5.74, 6) is 0. The van der Waals surface area contributed by atoms with Gasteiger partial charge in [0.05, 0.1) is 0 Å². The molecule has 0 heterocycles.